The molecule has 1 aromatic rings. The zero-order valence-electron chi connectivity index (χ0n) is 11.4. The minimum absolute atomic E-state index is 0.0127. The number of non-ortho nitro benzene ring substituents is 1. The van der Waals surface area contributed by atoms with Crippen molar-refractivity contribution in [1.29, 1.82) is 0 Å². The molecule has 114 valence electrons. The molecular weight excluding hydrogens is 344 g/mol. The van der Waals surface area contributed by atoms with Crippen molar-refractivity contribution >= 4 is 33.5 Å². The number of benzene rings is 1. The van der Waals surface area contributed by atoms with E-state index < -0.39 is 10.9 Å². The van der Waals surface area contributed by atoms with Gasteiger partial charge in [-0.2, -0.15) is 0 Å². The summed E-state index contributed by atoms with van der Waals surface area (Å²) in [6, 6.07) is 4.23. The van der Waals surface area contributed by atoms with Gasteiger partial charge in [0.25, 0.3) is 5.69 Å². The largest absolute Gasteiger partial charge is 0.481 e. The minimum atomic E-state index is -0.894. The molecule has 0 radical (unpaired) electrons. The lowest BCUT2D eigenvalue weighted by molar-refractivity contribution is -0.384. The van der Waals surface area contributed by atoms with E-state index in [4.69, 9.17) is 5.11 Å². The van der Waals surface area contributed by atoms with Gasteiger partial charge in [0.1, 0.15) is 0 Å². The number of carbonyl (C=O) groups is 2. The van der Waals surface area contributed by atoms with Gasteiger partial charge in [-0.15, -0.1) is 0 Å². The summed E-state index contributed by atoms with van der Waals surface area (Å²) >= 11 is 3.21. The fraction of sp³-hybridized carbons (Fsp3) is 0.385. The van der Waals surface area contributed by atoms with Crippen molar-refractivity contribution in [3.63, 3.8) is 0 Å². The summed E-state index contributed by atoms with van der Waals surface area (Å²) in [5.74, 6) is -1.07. The number of carbonyl (C=O) groups excluding carboxylic acids is 1. The molecule has 0 spiro atoms. The predicted octanol–water partition coefficient (Wildman–Crippen LogP) is 2.22. The van der Waals surface area contributed by atoms with Gasteiger partial charge in [0, 0.05) is 36.6 Å². The van der Waals surface area contributed by atoms with E-state index in [0.717, 1.165) is 0 Å². The molecule has 0 aliphatic heterocycles. The third-order valence-electron chi connectivity index (χ3n) is 2.90. The Hall–Kier alpha value is -1.96. The lowest BCUT2D eigenvalue weighted by Gasteiger charge is -2.17. The number of amides is 1. The molecule has 0 fully saturated rings. The fourth-order valence-corrected chi connectivity index (χ4v) is 2.19. The van der Waals surface area contributed by atoms with E-state index in [0.29, 0.717) is 23.0 Å². The van der Waals surface area contributed by atoms with Crippen LogP contribution in [0, 0.1) is 10.1 Å². The lowest BCUT2D eigenvalue weighted by atomic mass is 10.1. The Balaban J connectivity index is 2.62. The summed E-state index contributed by atoms with van der Waals surface area (Å²) in [6.45, 7) is 0.357. The molecule has 0 bridgehead atoms. The number of rotatable bonds is 7. The van der Waals surface area contributed by atoms with Gasteiger partial charge in [-0.3, -0.25) is 19.7 Å². The Bertz CT molecular complexity index is 561. The molecule has 1 rings (SSSR count). The maximum absolute atomic E-state index is 12.0. The third-order valence-corrected chi connectivity index (χ3v) is 3.64. The Morgan fingerprint density at radius 1 is 1.43 bits per heavy atom. The van der Waals surface area contributed by atoms with E-state index in [2.05, 4.69) is 15.9 Å². The number of nitrogens with zero attached hydrogens (tertiary/aromatic N) is 2. The zero-order chi connectivity index (χ0) is 16.0. The van der Waals surface area contributed by atoms with Crippen LogP contribution < -0.4 is 0 Å². The van der Waals surface area contributed by atoms with E-state index >= 15 is 0 Å². The summed E-state index contributed by atoms with van der Waals surface area (Å²) in [5.41, 5.74) is 0.601. The van der Waals surface area contributed by atoms with Crippen LogP contribution in [-0.2, 0) is 16.0 Å². The van der Waals surface area contributed by atoms with Gasteiger partial charge < -0.3 is 10.0 Å². The Morgan fingerprint density at radius 2 is 2.10 bits per heavy atom. The van der Waals surface area contributed by atoms with Crippen molar-refractivity contribution in [2.75, 3.05) is 13.6 Å². The number of carboxylic acid groups (broad SMARTS) is 1. The number of hydrogen-bond acceptors (Lipinski definition) is 4. The zero-order valence-corrected chi connectivity index (χ0v) is 13.0. The smallest absolute Gasteiger partial charge is 0.303 e. The van der Waals surface area contributed by atoms with E-state index in [9.17, 15) is 19.7 Å². The van der Waals surface area contributed by atoms with Crippen molar-refractivity contribution in [2.45, 2.75) is 19.3 Å². The van der Waals surface area contributed by atoms with Gasteiger partial charge >= 0.3 is 5.97 Å². The lowest BCUT2D eigenvalue weighted by Crippen LogP contribution is -2.29. The average Bonchev–Trinajstić information content (AvgIpc) is 2.40. The van der Waals surface area contributed by atoms with Crippen LogP contribution in [0.5, 0.6) is 0 Å². The first-order valence-electron chi connectivity index (χ1n) is 6.20. The third kappa shape index (κ3) is 5.50. The average molecular weight is 359 g/mol. The molecule has 0 aliphatic carbocycles. The second kappa shape index (κ2) is 7.72. The van der Waals surface area contributed by atoms with E-state index in [1.165, 1.54) is 23.1 Å². The van der Waals surface area contributed by atoms with Crippen molar-refractivity contribution in [3.8, 4) is 0 Å². The minimum Gasteiger partial charge on any atom is -0.481 e. The molecule has 0 saturated heterocycles. The van der Waals surface area contributed by atoms with Gasteiger partial charge in [0.15, 0.2) is 0 Å². The van der Waals surface area contributed by atoms with Gasteiger partial charge in [-0.05, 0) is 12.0 Å². The SMILES string of the molecule is CN(CCCC(=O)O)C(=O)Cc1ccc([N+](=O)[O-])cc1Br. The van der Waals surface area contributed by atoms with Crippen molar-refractivity contribution in [1.82, 2.24) is 4.90 Å². The number of aliphatic carboxylic acids is 1. The van der Waals surface area contributed by atoms with Crippen LogP contribution in [0.15, 0.2) is 22.7 Å². The van der Waals surface area contributed by atoms with Crippen molar-refractivity contribution in [2.24, 2.45) is 0 Å². The number of nitro groups is 1. The first kappa shape index (κ1) is 17.1. The Morgan fingerprint density at radius 3 is 2.62 bits per heavy atom. The van der Waals surface area contributed by atoms with Crippen LogP contribution in [0.25, 0.3) is 0 Å². The number of likely N-dealkylation sites (N-methyl/N-ethyl adjacent to an activating group) is 1. The van der Waals surface area contributed by atoms with Crippen LogP contribution in [-0.4, -0.2) is 40.4 Å². The highest BCUT2D eigenvalue weighted by atomic mass is 79.9. The molecule has 0 saturated carbocycles. The molecule has 1 N–H and O–H groups in total. The Labute approximate surface area is 129 Å². The highest BCUT2D eigenvalue weighted by Crippen LogP contribution is 2.23. The van der Waals surface area contributed by atoms with E-state index in [1.807, 2.05) is 0 Å². The summed E-state index contributed by atoms with van der Waals surface area (Å²) < 4.78 is 0.504. The summed E-state index contributed by atoms with van der Waals surface area (Å²) in [6.07, 6.45) is 0.500. The fourth-order valence-electron chi connectivity index (χ4n) is 1.68. The summed E-state index contributed by atoms with van der Waals surface area (Å²) in [4.78, 5) is 34.0. The van der Waals surface area contributed by atoms with Crippen molar-refractivity contribution < 1.29 is 19.6 Å². The topological polar surface area (TPSA) is 101 Å². The quantitative estimate of drug-likeness (QED) is 0.594. The number of halogens is 1. The molecule has 1 aromatic carbocycles. The van der Waals surface area contributed by atoms with Crippen LogP contribution in [0.4, 0.5) is 5.69 Å². The summed E-state index contributed by atoms with van der Waals surface area (Å²) in [7, 11) is 1.60. The molecule has 0 heterocycles. The second-order valence-electron chi connectivity index (χ2n) is 4.52. The molecule has 0 aromatic heterocycles. The van der Waals surface area contributed by atoms with Gasteiger partial charge in [-0.1, -0.05) is 22.0 Å². The molecule has 0 unspecified atom stereocenters. The van der Waals surface area contributed by atoms with E-state index in [-0.39, 0.29) is 24.4 Å². The van der Waals surface area contributed by atoms with E-state index in [1.54, 1.807) is 7.05 Å². The van der Waals surface area contributed by atoms with Crippen LogP contribution in [0.3, 0.4) is 0 Å². The van der Waals surface area contributed by atoms with Gasteiger partial charge in [0.05, 0.1) is 11.3 Å². The number of nitro benzene ring substituents is 1. The monoisotopic (exact) mass is 358 g/mol. The van der Waals surface area contributed by atoms with Crippen LogP contribution in [0.1, 0.15) is 18.4 Å². The maximum Gasteiger partial charge on any atom is 0.303 e. The highest BCUT2D eigenvalue weighted by Gasteiger charge is 2.14. The highest BCUT2D eigenvalue weighted by molar-refractivity contribution is 9.10. The normalized spacial score (nSPS) is 10.2. The number of hydrogen-bond donors (Lipinski definition) is 1. The Kier molecular flexibility index (Phi) is 6.29. The van der Waals surface area contributed by atoms with Crippen molar-refractivity contribution in [3.05, 3.63) is 38.3 Å². The first-order chi connectivity index (χ1) is 9.81. The summed E-state index contributed by atoms with van der Waals surface area (Å²) in [5, 5.41) is 19.2. The molecular formula is C13H15BrN2O5. The van der Waals surface area contributed by atoms with Crippen LogP contribution in [0.2, 0.25) is 0 Å². The molecule has 21 heavy (non-hydrogen) atoms. The van der Waals surface area contributed by atoms with Crippen LogP contribution >= 0.6 is 15.9 Å². The second-order valence-corrected chi connectivity index (χ2v) is 5.38. The molecule has 0 atom stereocenters. The molecule has 1 amide bonds. The predicted molar refractivity (Wildman–Crippen MR) is 79.0 cm³/mol. The molecule has 8 heteroatoms. The number of carboxylic acids is 1. The molecule has 7 nitrogen and oxygen atoms in total. The maximum atomic E-state index is 12.0. The van der Waals surface area contributed by atoms with Gasteiger partial charge in [0.2, 0.25) is 5.91 Å². The standard InChI is InChI=1S/C13H15BrN2O5/c1-15(6-2-3-13(18)19)12(17)7-9-4-5-10(16(20)21)8-11(9)14/h4-5,8H,2-3,6-7H2,1H3,(H,18,19). The molecule has 0 aliphatic rings. The first-order valence-corrected chi connectivity index (χ1v) is 6.99. The van der Waals surface area contributed by atoms with Gasteiger partial charge in [-0.25, -0.2) is 0 Å².